The molecular formula is C26H24N6O4. The number of benzene rings is 2. The summed E-state index contributed by atoms with van der Waals surface area (Å²) in [5.41, 5.74) is 4.66. The van der Waals surface area contributed by atoms with Gasteiger partial charge in [-0.2, -0.15) is 0 Å². The van der Waals surface area contributed by atoms with Crippen molar-refractivity contribution in [2.75, 3.05) is 20.8 Å². The number of rotatable bonds is 6. The van der Waals surface area contributed by atoms with Gasteiger partial charge in [-0.15, -0.1) is 10.2 Å². The number of methoxy groups -OCH3 is 2. The highest BCUT2D eigenvalue weighted by atomic mass is 16.5. The minimum Gasteiger partial charge on any atom is -0.497 e. The first-order valence-corrected chi connectivity index (χ1v) is 11.6. The standard InChI is InChI=1S/C26H24N6O4/c1-4-36-26(33)24-20-13-31-22(10-15-12-27-23-17(15)6-5-7-21(23)35-3)29-30-25(31)18-11-16(34-2)8-9-19(18)32(20)14-28-24/h5-9,11-12,14,27H,4,10,13H2,1-3H3. The van der Waals surface area contributed by atoms with E-state index in [1.807, 2.05) is 45.7 Å². The quantitative estimate of drug-likeness (QED) is 0.359. The van der Waals surface area contributed by atoms with Gasteiger partial charge in [-0.3, -0.25) is 4.57 Å². The Morgan fingerprint density at radius 2 is 2.03 bits per heavy atom. The van der Waals surface area contributed by atoms with Crippen LogP contribution in [0.1, 0.15) is 34.5 Å². The van der Waals surface area contributed by atoms with E-state index in [0.29, 0.717) is 30.2 Å². The Balaban J connectivity index is 1.51. The molecule has 0 fully saturated rings. The lowest BCUT2D eigenvalue weighted by molar-refractivity contribution is 0.0518. The molecule has 4 heterocycles. The smallest absolute Gasteiger partial charge is 0.358 e. The van der Waals surface area contributed by atoms with Crippen LogP contribution < -0.4 is 9.47 Å². The molecule has 0 unspecified atom stereocenters. The van der Waals surface area contributed by atoms with Crippen molar-refractivity contribution >= 4 is 16.9 Å². The van der Waals surface area contributed by atoms with E-state index >= 15 is 0 Å². The van der Waals surface area contributed by atoms with Crippen LogP contribution in [0.15, 0.2) is 48.9 Å². The molecule has 0 saturated carbocycles. The molecule has 1 N–H and O–H groups in total. The Morgan fingerprint density at radius 1 is 1.14 bits per heavy atom. The largest absolute Gasteiger partial charge is 0.497 e. The first-order chi connectivity index (χ1) is 17.6. The summed E-state index contributed by atoms with van der Waals surface area (Å²) >= 11 is 0. The van der Waals surface area contributed by atoms with Gasteiger partial charge in [-0.25, -0.2) is 9.78 Å². The number of imidazole rings is 1. The lowest BCUT2D eigenvalue weighted by Crippen LogP contribution is -2.13. The molecule has 0 spiro atoms. The summed E-state index contributed by atoms with van der Waals surface area (Å²) in [5, 5.41) is 10.2. The average molecular weight is 485 g/mol. The van der Waals surface area contributed by atoms with Gasteiger partial charge in [0.1, 0.15) is 23.7 Å². The number of nitrogens with one attached hydrogen (secondary N) is 1. The van der Waals surface area contributed by atoms with E-state index in [9.17, 15) is 4.79 Å². The highest BCUT2D eigenvalue weighted by Gasteiger charge is 2.29. The van der Waals surface area contributed by atoms with Crippen molar-refractivity contribution in [2.24, 2.45) is 0 Å². The Kier molecular flexibility index (Phi) is 5.21. The molecule has 3 aromatic heterocycles. The SMILES string of the molecule is CCOC(=O)c1ncn2c1Cn1c(Cc3c[nH]c4c(OC)cccc34)nnc1-c1cc(OC)ccc1-2. The van der Waals surface area contributed by atoms with Crippen molar-refractivity contribution in [3.63, 3.8) is 0 Å². The van der Waals surface area contributed by atoms with E-state index in [4.69, 9.17) is 14.2 Å². The van der Waals surface area contributed by atoms with Crippen LogP contribution in [-0.2, 0) is 17.7 Å². The van der Waals surface area contributed by atoms with Gasteiger partial charge in [-0.05, 0) is 36.8 Å². The number of para-hydroxylation sites is 1. The molecule has 0 aliphatic carbocycles. The Morgan fingerprint density at radius 3 is 2.83 bits per heavy atom. The third kappa shape index (κ3) is 3.33. The molecule has 0 saturated heterocycles. The molecule has 1 aliphatic heterocycles. The number of H-pyrrole nitrogens is 1. The van der Waals surface area contributed by atoms with Gasteiger partial charge >= 0.3 is 5.97 Å². The van der Waals surface area contributed by atoms with Crippen LogP contribution in [0.4, 0.5) is 0 Å². The van der Waals surface area contributed by atoms with Crippen LogP contribution >= 0.6 is 0 Å². The number of aromatic amines is 1. The monoisotopic (exact) mass is 484 g/mol. The van der Waals surface area contributed by atoms with Crippen LogP contribution in [0.3, 0.4) is 0 Å². The number of fused-ring (bicyclic) bond motifs is 6. The Labute approximate surface area is 206 Å². The van der Waals surface area contributed by atoms with E-state index in [2.05, 4.69) is 26.2 Å². The van der Waals surface area contributed by atoms with Crippen molar-refractivity contribution in [3.8, 4) is 28.6 Å². The third-order valence-corrected chi connectivity index (χ3v) is 6.51. The average Bonchev–Trinajstić information content (AvgIpc) is 3.60. The van der Waals surface area contributed by atoms with E-state index in [-0.39, 0.29) is 12.3 Å². The van der Waals surface area contributed by atoms with Gasteiger partial charge in [-0.1, -0.05) is 12.1 Å². The molecule has 182 valence electrons. The molecule has 36 heavy (non-hydrogen) atoms. The lowest BCUT2D eigenvalue weighted by atomic mass is 10.1. The van der Waals surface area contributed by atoms with E-state index in [1.165, 1.54) is 0 Å². The second-order valence-electron chi connectivity index (χ2n) is 8.41. The van der Waals surface area contributed by atoms with E-state index in [0.717, 1.165) is 39.3 Å². The van der Waals surface area contributed by atoms with E-state index in [1.54, 1.807) is 27.5 Å². The number of hydrogen-bond donors (Lipinski definition) is 1. The molecule has 10 heteroatoms. The highest BCUT2D eigenvalue weighted by molar-refractivity contribution is 5.90. The van der Waals surface area contributed by atoms with E-state index < -0.39 is 5.97 Å². The minimum absolute atomic E-state index is 0.270. The summed E-state index contributed by atoms with van der Waals surface area (Å²) in [5.74, 6) is 2.47. The first kappa shape index (κ1) is 21.9. The van der Waals surface area contributed by atoms with Crippen molar-refractivity contribution in [2.45, 2.75) is 19.9 Å². The summed E-state index contributed by atoms with van der Waals surface area (Å²) in [7, 11) is 3.28. The van der Waals surface area contributed by atoms with Gasteiger partial charge in [0.2, 0.25) is 0 Å². The fourth-order valence-corrected chi connectivity index (χ4v) is 4.79. The fourth-order valence-electron chi connectivity index (χ4n) is 4.79. The molecule has 0 atom stereocenters. The Bertz CT molecular complexity index is 1610. The van der Waals surface area contributed by atoms with Gasteiger partial charge in [0.05, 0.1) is 44.3 Å². The second kappa shape index (κ2) is 8.56. The zero-order valence-corrected chi connectivity index (χ0v) is 20.1. The van der Waals surface area contributed by atoms with Gasteiger partial charge in [0, 0.05) is 23.6 Å². The number of carbonyl (C=O) groups is 1. The number of hydrogen-bond acceptors (Lipinski definition) is 7. The summed E-state index contributed by atoms with van der Waals surface area (Å²) in [4.78, 5) is 20.5. The van der Waals surface area contributed by atoms with Crippen LogP contribution in [0.5, 0.6) is 11.5 Å². The van der Waals surface area contributed by atoms with Gasteiger partial charge < -0.3 is 23.8 Å². The molecule has 10 nitrogen and oxygen atoms in total. The van der Waals surface area contributed by atoms with Crippen LogP contribution in [0.2, 0.25) is 0 Å². The number of carbonyl (C=O) groups excluding carboxylic acids is 1. The predicted molar refractivity (Wildman–Crippen MR) is 132 cm³/mol. The van der Waals surface area contributed by atoms with Crippen molar-refractivity contribution in [1.82, 2.24) is 29.3 Å². The summed E-state index contributed by atoms with van der Waals surface area (Å²) in [6, 6.07) is 11.7. The molecule has 0 radical (unpaired) electrons. The fraction of sp³-hybridized carbons (Fsp3) is 0.231. The van der Waals surface area contributed by atoms with Gasteiger partial charge in [0.25, 0.3) is 0 Å². The summed E-state index contributed by atoms with van der Waals surface area (Å²) in [6.45, 7) is 2.40. The summed E-state index contributed by atoms with van der Waals surface area (Å²) < 4.78 is 20.2. The zero-order valence-electron chi connectivity index (χ0n) is 20.1. The number of esters is 1. The normalized spacial score (nSPS) is 12.0. The highest BCUT2D eigenvalue weighted by Crippen LogP contribution is 2.36. The summed E-state index contributed by atoms with van der Waals surface area (Å²) in [6.07, 6.45) is 4.15. The van der Waals surface area contributed by atoms with Gasteiger partial charge in [0.15, 0.2) is 11.5 Å². The van der Waals surface area contributed by atoms with Crippen molar-refractivity contribution in [3.05, 3.63) is 71.7 Å². The van der Waals surface area contributed by atoms with Crippen molar-refractivity contribution in [1.29, 1.82) is 0 Å². The zero-order chi connectivity index (χ0) is 24.8. The molecular weight excluding hydrogens is 460 g/mol. The topological polar surface area (TPSA) is 109 Å². The number of nitrogens with zero attached hydrogens (tertiary/aromatic N) is 5. The predicted octanol–water partition coefficient (Wildman–Crippen LogP) is 3.76. The minimum atomic E-state index is -0.455. The number of aromatic nitrogens is 6. The number of ether oxygens (including phenoxy) is 3. The van der Waals surface area contributed by atoms with Crippen LogP contribution in [0, 0.1) is 0 Å². The molecule has 6 rings (SSSR count). The maximum absolute atomic E-state index is 12.7. The van der Waals surface area contributed by atoms with Crippen LogP contribution in [0.25, 0.3) is 28.0 Å². The first-order valence-electron chi connectivity index (χ1n) is 11.6. The Hall–Kier alpha value is -4.60. The molecule has 0 amide bonds. The second-order valence-corrected chi connectivity index (χ2v) is 8.41. The van der Waals surface area contributed by atoms with Crippen molar-refractivity contribution < 1.29 is 19.0 Å². The maximum atomic E-state index is 12.7. The maximum Gasteiger partial charge on any atom is 0.358 e. The van der Waals surface area contributed by atoms with Crippen LogP contribution in [-0.4, -0.2) is 56.1 Å². The molecule has 2 aromatic carbocycles. The molecule has 0 bridgehead atoms. The third-order valence-electron chi connectivity index (χ3n) is 6.51. The lowest BCUT2D eigenvalue weighted by Gasteiger charge is -2.10. The molecule has 5 aromatic rings. The molecule has 1 aliphatic rings.